The van der Waals surface area contributed by atoms with E-state index in [-0.39, 0.29) is 17.2 Å². The molecule has 2 aromatic rings. The Morgan fingerprint density at radius 3 is 2.67 bits per heavy atom. The maximum atomic E-state index is 12.0. The first-order valence-electron chi connectivity index (χ1n) is 5.38. The van der Waals surface area contributed by atoms with Crippen LogP contribution in [-0.4, -0.2) is 18.1 Å². The molecule has 0 amide bonds. The van der Waals surface area contributed by atoms with E-state index in [9.17, 15) is 13.5 Å². The zero-order valence-corrected chi connectivity index (χ0v) is 10.7. The van der Waals surface area contributed by atoms with Crippen molar-refractivity contribution in [2.75, 3.05) is 0 Å². The van der Waals surface area contributed by atoms with Crippen molar-refractivity contribution in [2.45, 2.75) is 11.4 Å². The molecule has 96 valence electrons. The fourth-order valence-corrected chi connectivity index (χ4v) is 2.62. The molecule has 0 atom stereocenters. The van der Waals surface area contributed by atoms with Crippen molar-refractivity contribution in [2.24, 2.45) is 7.05 Å². The van der Waals surface area contributed by atoms with Gasteiger partial charge in [0.25, 0.3) is 0 Å². The van der Waals surface area contributed by atoms with Crippen LogP contribution in [-0.2, 0) is 23.6 Å². The van der Waals surface area contributed by atoms with E-state index >= 15 is 0 Å². The molecule has 2 rings (SSSR count). The second-order valence-corrected chi connectivity index (χ2v) is 5.70. The first-order valence-corrected chi connectivity index (χ1v) is 6.86. The summed E-state index contributed by atoms with van der Waals surface area (Å²) in [6.45, 7) is 0.210. The molecule has 0 aliphatic rings. The molecule has 0 aliphatic carbocycles. The van der Waals surface area contributed by atoms with E-state index in [2.05, 4.69) is 4.72 Å². The Hall–Kier alpha value is -1.79. The molecule has 5 nitrogen and oxygen atoms in total. The van der Waals surface area contributed by atoms with Crippen LogP contribution in [0.1, 0.15) is 5.69 Å². The third kappa shape index (κ3) is 2.72. The number of hydrogen-bond donors (Lipinski definition) is 2. The number of aromatic nitrogens is 1. The van der Waals surface area contributed by atoms with Crippen LogP contribution in [0.3, 0.4) is 0 Å². The number of aromatic hydroxyl groups is 1. The number of sulfonamides is 1. The van der Waals surface area contributed by atoms with Crippen molar-refractivity contribution in [1.82, 2.24) is 9.29 Å². The standard InChI is InChI=1S/C12H14N2O3S/c1-14-7-3-4-10(14)9-13-18(16,17)12-6-2-5-11(15)8-12/h2-8,13,15H,9H2,1H3. The Kier molecular flexibility index (Phi) is 3.40. The van der Waals surface area contributed by atoms with Gasteiger partial charge in [0.05, 0.1) is 11.4 Å². The molecular formula is C12H14N2O3S. The van der Waals surface area contributed by atoms with Crippen LogP contribution in [0.5, 0.6) is 5.75 Å². The van der Waals surface area contributed by atoms with Gasteiger partial charge < -0.3 is 9.67 Å². The lowest BCUT2D eigenvalue weighted by atomic mass is 10.3. The van der Waals surface area contributed by atoms with Crippen molar-refractivity contribution in [3.05, 3.63) is 48.3 Å². The smallest absolute Gasteiger partial charge is 0.241 e. The molecule has 2 N–H and O–H groups in total. The summed E-state index contributed by atoms with van der Waals surface area (Å²) in [6, 6.07) is 9.26. The molecule has 18 heavy (non-hydrogen) atoms. The first-order chi connectivity index (χ1) is 8.49. The Bertz CT molecular complexity index is 647. The summed E-state index contributed by atoms with van der Waals surface area (Å²) in [6.07, 6.45) is 1.85. The van der Waals surface area contributed by atoms with Crippen LogP contribution < -0.4 is 4.72 Å². The first kappa shape index (κ1) is 12.7. The highest BCUT2D eigenvalue weighted by atomic mass is 32.2. The molecule has 0 aliphatic heterocycles. The Labute approximate surface area is 106 Å². The second-order valence-electron chi connectivity index (χ2n) is 3.93. The lowest BCUT2D eigenvalue weighted by Crippen LogP contribution is -2.24. The van der Waals surface area contributed by atoms with Crippen LogP contribution in [0.25, 0.3) is 0 Å². The molecule has 0 unspecified atom stereocenters. The van der Waals surface area contributed by atoms with Gasteiger partial charge in [0.15, 0.2) is 0 Å². The normalized spacial score (nSPS) is 11.6. The summed E-state index contributed by atoms with van der Waals surface area (Å²) >= 11 is 0. The molecule has 0 radical (unpaired) electrons. The van der Waals surface area contributed by atoms with Crippen molar-refractivity contribution < 1.29 is 13.5 Å². The highest BCUT2D eigenvalue weighted by Gasteiger charge is 2.14. The molecular weight excluding hydrogens is 252 g/mol. The minimum atomic E-state index is -3.60. The topological polar surface area (TPSA) is 71.3 Å². The van der Waals surface area contributed by atoms with Gasteiger partial charge in [-0.05, 0) is 30.3 Å². The minimum Gasteiger partial charge on any atom is -0.508 e. The third-order valence-corrected chi connectivity index (χ3v) is 4.02. The van der Waals surface area contributed by atoms with Gasteiger partial charge in [-0.2, -0.15) is 0 Å². The summed E-state index contributed by atoms with van der Waals surface area (Å²) in [5, 5.41) is 9.28. The Balaban J connectivity index is 2.16. The predicted octanol–water partition coefficient (Wildman–Crippen LogP) is 1.21. The van der Waals surface area contributed by atoms with Gasteiger partial charge in [-0.1, -0.05) is 6.07 Å². The lowest BCUT2D eigenvalue weighted by Gasteiger charge is -2.07. The minimum absolute atomic E-state index is 0.0525. The van der Waals surface area contributed by atoms with Crippen molar-refractivity contribution in [1.29, 1.82) is 0 Å². The van der Waals surface area contributed by atoms with Crippen LogP contribution in [0, 0.1) is 0 Å². The van der Waals surface area contributed by atoms with Gasteiger partial charge in [0, 0.05) is 18.9 Å². The SMILES string of the molecule is Cn1cccc1CNS(=O)(=O)c1cccc(O)c1. The number of nitrogens with one attached hydrogen (secondary N) is 1. The lowest BCUT2D eigenvalue weighted by molar-refractivity contribution is 0.473. The van der Waals surface area contributed by atoms with Crippen LogP contribution in [0.2, 0.25) is 0 Å². The summed E-state index contributed by atoms with van der Waals surface area (Å²) in [4.78, 5) is 0.0525. The summed E-state index contributed by atoms with van der Waals surface area (Å²) in [7, 11) is -1.75. The summed E-state index contributed by atoms with van der Waals surface area (Å²) in [5.41, 5.74) is 0.860. The van der Waals surface area contributed by atoms with E-state index in [1.54, 1.807) is 0 Å². The van der Waals surface area contributed by atoms with E-state index in [0.717, 1.165) is 5.69 Å². The quantitative estimate of drug-likeness (QED) is 0.873. The molecule has 1 aromatic carbocycles. The number of rotatable bonds is 4. The molecule has 0 saturated heterocycles. The molecule has 0 spiro atoms. The molecule has 6 heteroatoms. The van der Waals surface area contributed by atoms with Gasteiger partial charge in [-0.25, -0.2) is 13.1 Å². The van der Waals surface area contributed by atoms with E-state index in [4.69, 9.17) is 0 Å². The van der Waals surface area contributed by atoms with Gasteiger partial charge in [0.2, 0.25) is 10.0 Å². The van der Waals surface area contributed by atoms with E-state index in [0.29, 0.717) is 0 Å². The molecule has 0 bridgehead atoms. The number of aryl methyl sites for hydroxylation is 1. The van der Waals surface area contributed by atoms with Gasteiger partial charge in [-0.15, -0.1) is 0 Å². The zero-order valence-electron chi connectivity index (χ0n) is 9.87. The fraction of sp³-hybridized carbons (Fsp3) is 0.167. The maximum absolute atomic E-state index is 12.0. The van der Waals surface area contributed by atoms with Crippen LogP contribution >= 0.6 is 0 Å². The van der Waals surface area contributed by atoms with E-state index in [1.165, 1.54) is 24.3 Å². The molecule has 0 saturated carbocycles. The van der Waals surface area contributed by atoms with Gasteiger partial charge in [0.1, 0.15) is 5.75 Å². The van der Waals surface area contributed by atoms with Crippen molar-refractivity contribution in [3.63, 3.8) is 0 Å². The average Bonchev–Trinajstić information content (AvgIpc) is 2.72. The van der Waals surface area contributed by atoms with Gasteiger partial charge in [-0.3, -0.25) is 0 Å². The number of benzene rings is 1. The number of phenols is 1. The maximum Gasteiger partial charge on any atom is 0.241 e. The fourth-order valence-electron chi connectivity index (χ4n) is 1.58. The highest BCUT2D eigenvalue weighted by Crippen LogP contribution is 2.15. The number of phenolic OH excluding ortho intramolecular Hbond substituents is 1. The Morgan fingerprint density at radius 1 is 1.28 bits per heavy atom. The number of nitrogens with zero attached hydrogens (tertiary/aromatic N) is 1. The molecule has 0 fully saturated rings. The summed E-state index contributed by atoms with van der Waals surface area (Å²) < 4.78 is 28.2. The second kappa shape index (κ2) is 4.83. The third-order valence-electron chi connectivity index (χ3n) is 2.62. The number of hydrogen-bond acceptors (Lipinski definition) is 3. The van der Waals surface area contributed by atoms with Crippen LogP contribution in [0.4, 0.5) is 0 Å². The molecule has 1 heterocycles. The average molecular weight is 266 g/mol. The largest absolute Gasteiger partial charge is 0.508 e. The molecule has 1 aromatic heterocycles. The Morgan fingerprint density at radius 2 is 2.06 bits per heavy atom. The summed E-state index contributed by atoms with van der Waals surface area (Å²) in [5.74, 6) is -0.0725. The van der Waals surface area contributed by atoms with Crippen molar-refractivity contribution >= 4 is 10.0 Å². The monoisotopic (exact) mass is 266 g/mol. The predicted molar refractivity (Wildman–Crippen MR) is 67.5 cm³/mol. The van der Waals surface area contributed by atoms with Gasteiger partial charge >= 0.3 is 0 Å². The highest BCUT2D eigenvalue weighted by molar-refractivity contribution is 7.89. The van der Waals surface area contributed by atoms with Crippen LogP contribution in [0.15, 0.2) is 47.5 Å². The van der Waals surface area contributed by atoms with Crippen molar-refractivity contribution in [3.8, 4) is 5.75 Å². The van der Waals surface area contributed by atoms with E-state index < -0.39 is 10.0 Å². The van der Waals surface area contributed by atoms with E-state index in [1.807, 2.05) is 29.9 Å². The zero-order chi connectivity index (χ0) is 13.2.